The number of nitriles is 1. The van der Waals surface area contributed by atoms with E-state index in [0.717, 1.165) is 0 Å². The van der Waals surface area contributed by atoms with Gasteiger partial charge in [0.15, 0.2) is 9.84 Å². The van der Waals surface area contributed by atoms with Crippen LogP contribution in [0.25, 0.3) is 0 Å². The Bertz CT molecular complexity index is 476. The Morgan fingerprint density at radius 1 is 1.33 bits per heavy atom. The van der Waals surface area contributed by atoms with E-state index >= 15 is 0 Å². The Kier molecular flexibility index (Phi) is 3.97. The summed E-state index contributed by atoms with van der Waals surface area (Å²) in [6, 6.07) is 7.39. The molecule has 0 saturated carbocycles. The van der Waals surface area contributed by atoms with Gasteiger partial charge in [-0.05, 0) is 24.3 Å². The average molecular weight is 264 g/mol. The van der Waals surface area contributed by atoms with Crippen LogP contribution in [0.3, 0.4) is 0 Å². The third-order valence-electron chi connectivity index (χ3n) is 1.68. The van der Waals surface area contributed by atoms with Crippen LogP contribution in [0.4, 0.5) is 0 Å². The summed E-state index contributed by atoms with van der Waals surface area (Å²) >= 11 is 11.1. The highest BCUT2D eigenvalue weighted by atomic mass is 35.5. The molecule has 0 aliphatic rings. The van der Waals surface area contributed by atoms with Gasteiger partial charge in [0.05, 0.1) is 16.7 Å². The minimum absolute atomic E-state index is 0.118. The van der Waals surface area contributed by atoms with Crippen LogP contribution < -0.4 is 0 Å². The van der Waals surface area contributed by atoms with E-state index in [9.17, 15) is 8.42 Å². The van der Waals surface area contributed by atoms with Crippen LogP contribution in [0.5, 0.6) is 0 Å². The van der Waals surface area contributed by atoms with Crippen LogP contribution in [-0.4, -0.2) is 19.5 Å². The molecule has 0 radical (unpaired) electrons. The monoisotopic (exact) mass is 263 g/mol. The lowest BCUT2D eigenvalue weighted by molar-refractivity contribution is 0.596. The Labute approximate surface area is 98.2 Å². The van der Waals surface area contributed by atoms with E-state index < -0.39 is 21.0 Å². The predicted octanol–water partition coefficient (Wildman–Crippen LogP) is 2.24. The largest absolute Gasteiger partial charge is 0.224 e. The first-order valence-corrected chi connectivity index (χ1v) is 6.44. The molecule has 0 fully saturated rings. The molecule has 3 nitrogen and oxygen atoms in total. The lowest BCUT2D eigenvalue weighted by Crippen LogP contribution is -2.14. The molecule has 1 unspecified atom stereocenters. The molecule has 0 N–H and O–H groups in total. The molecule has 1 rings (SSSR count). The zero-order valence-corrected chi connectivity index (χ0v) is 9.85. The topological polar surface area (TPSA) is 57.9 Å². The highest BCUT2D eigenvalue weighted by Gasteiger charge is 2.19. The van der Waals surface area contributed by atoms with Crippen LogP contribution >= 0.6 is 23.2 Å². The SMILES string of the molecule is N#CC(Cl)CS(=O)(=O)c1ccc(Cl)cc1. The summed E-state index contributed by atoms with van der Waals surface area (Å²) < 4.78 is 23.3. The second kappa shape index (κ2) is 4.84. The molecule has 1 aromatic carbocycles. The van der Waals surface area contributed by atoms with Gasteiger partial charge in [-0.1, -0.05) is 11.6 Å². The molecule has 0 saturated heterocycles. The number of benzene rings is 1. The Hall–Kier alpha value is -0.760. The number of hydrogen-bond donors (Lipinski definition) is 0. The molecule has 0 aliphatic carbocycles. The average Bonchev–Trinajstić information content (AvgIpc) is 2.17. The number of hydrogen-bond acceptors (Lipinski definition) is 3. The molecule has 0 aromatic heterocycles. The van der Waals surface area contributed by atoms with Crippen molar-refractivity contribution in [3.05, 3.63) is 29.3 Å². The standard InChI is InChI=1S/C9H7Cl2NO2S/c10-7-1-3-9(4-2-7)15(13,14)6-8(11)5-12/h1-4,8H,6H2. The summed E-state index contributed by atoms with van der Waals surface area (Å²) in [6.07, 6.45) is 0. The molecule has 0 heterocycles. The number of rotatable bonds is 3. The van der Waals surface area contributed by atoms with Crippen LogP contribution in [0, 0.1) is 11.3 Å². The third kappa shape index (κ3) is 3.38. The van der Waals surface area contributed by atoms with Gasteiger partial charge in [0.25, 0.3) is 0 Å². The Morgan fingerprint density at radius 2 is 1.87 bits per heavy atom. The molecular formula is C9H7Cl2NO2S. The van der Waals surface area contributed by atoms with Gasteiger partial charge in [-0.2, -0.15) is 5.26 Å². The summed E-state index contributed by atoms with van der Waals surface area (Å²) in [6.45, 7) is 0. The lowest BCUT2D eigenvalue weighted by Gasteiger charge is -2.04. The number of nitrogens with zero attached hydrogens (tertiary/aromatic N) is 1. The van der Waals surface area contributed by atoms with Gasteiger partial charge in [-0.25, -0.2) is 8.42 Å². The fourth-order valence-electron chi connectivity index (χ4n) is 0.968. The second-order valence-electron chi connectivity index (χ2n) is 2.83. The van der Waals surface area contributed by atoms with Gasteiger partial charge in [0.1, 0.15) is 5.38 Å². The maximum absolute atomic E-state index is 11.6. The van der Waals surface area contributed by atoms with Crippen molar-refractivity contribution in [3.8, 4) is 6.07 Å². The predicted molar refractivity (Wildman–Crippen MR) is 58.8 cm³/mol. The molecule has 0 aliphatic heterocycles. The van der Waals surface area contributed by atoms with Crippen molar-refractivity contribution in [2.45, 2.75) is 10.3 Å². The van der Waals surface area contributed by atoms with Gasteiger partial charge in [0, 0.05) is 5.02 Å². The quantitative estimate of drug-likeness (QED) is 0.786. The first-order chi connectivity index (χ1) is 6.95. The summed E-state index contributed by atoms with van der Waals surface area (Å²) in [7, 11) is -3.50. The van der Waals surface area contributed by atoms with E-state index in [-0.39, 0.29) is 4.90 Å². The Balaban J connectivity index is 2.98. The summed E-state index contributed by atoms with van der Waals surface area (Å²) in [5, 5.41) is 7.84. The van der Waals surface area contributed by atoms with Gasteiger partial charge in [-0.3, -0.25) is 0 Å². The van der Waals surface area contributed by atoms with Crippen molar-refractivity contribution >= 4 is 33.0 Å². The first-order valence-electron chi connectivity index (χ1n) is 3.98. The number of alkyl halides is 1. The fraction of sp³-hybridized carbons (Fsp3) is 0.222. The summed E-state index contributed by atoms with van der Waals surface area (Å²) in [4.78, 5) is 0.118. The molecular weight excluding hydrogens is 257 g/mol. The summed E-state index contributed by atoms with van der Waals surface area (Å²) in [5.41, 5.74) is 0. The zero-order valence-electron chi connectivity index (χ0n) is 7.52. The van der Waals surface area contributed by atoms with Gasteiger partial charge in [0.2, 0.25) is 0 Å². The van der Waals surface area contributed by atoms with Crippen LogP contribution in [0.15, 0.2) is 29.2 Å². The van der Waals surface area contributed by atoms with E-state index in [1.807, 2.05) is 0 Å². The van der Waals surface area contributed by atoms with Crippen molar-refractivity contribution in [2.24, 2.45) is 0 Å². The number of sulfone groups is 1. The van der Waals surface area contributed by atoms with Crippen LogP contribution in [-0.2, 0) is 9.84 Å². The highest BCUT2D eigenvalue weighted by molar-refractivity contribution is 7.91. The smallest absolute Gasteiger partial charge is 0.180 e. The van der Waals surface area contributed by atoms with Crippen molar-refractivity contribution in [1.82, 2.24) is 0 Å². The minimum atomic E-state index is -3.50. The van der Waals surface area contributed by atoms with Crippen molar-refractivity contribution in [1.29, 1.82) is 5.26 Å². The molecule has 6 heteroatoms. The molecule has 1 aromatic rings. The maximum Gasteiger partial charge on any atom is 0.180 e. The van der Waals surface area contributed by atoms with E-state index in [0.29, 0.717) is 5.02 Å². The molecule has 0 bridgehead atoms. The molecule has 15 heavy (non-hydrogen) atoms. The minimum Gasteiger partial charge on any atom is -0.224 e. The second-order valence-corrected chi connectivity index (χ2v) is 5.83. The third-order valence-corrected chi connectivity index (χ3v) is 4.13. The van der Waals surface area contributed by atoms with Crippen molar-refractivity contribution in [3.63, 3.8) is 0 Å². The van der Waals surface area contributed by atoms with Crippen LogP contribution in [0.2, 0.25) is 5.02 Å². The van der Waals surface area contributed by atoms with E-state index in [1.54, 1.807) is 6.07 Å². The van der Waals surface area contributed by atoms with Gasteiger partial charge in [-0.15, -0.1) is 11.6 Å². The molecule has 0 spiro atoms. The van der Waals surface area contributed by atoms with E-state index in [4.69, 9.17) is 28.5 Å². The maximum atomic E-state index is 11.6. The zero-order chi connectivity index (χ0) is 11.5. The highest BCUT2D eigenvalue weighted by Crippen LogP contribution is 2.16. The van der Waals surface area contributed by atoms with E-state index in [1.165, 1.54) is 24.3 Å². The van der Waals surface area contributed by atoms with Gasteiger partial charge >= 0.3 is 0 Å². The van der Waals surface area contributed by atoms with E-state index in [2.05, 4.69) is 0 Å². The molecule has 1 atom stereocenters. The fourth-order valence-corrected chi connectivity index (χ4v) is 2.79. The normalized spacial score (nSPS) is 13.1. The summed E-state index contributed by atoms with van der Waals surface area (Å²) in [5.74, 6) is -0.396. The van der Waals surface area contributed by atoms with Gasteiger partial charge < -0.3 is 0 Å². The number of halogens is 2. The van der Waals surface area contributed by atoms with Crippen molar-refractivity contribution < 1.29 is 8.42 Å². The Morgan fingerprint density at radius 3 is 2.33 bits per heavy atom. The van der Waals surface area contributed by atoms with Crippen LogP contribution in [0.1, 0.15) is 0 Å². The molecule has 80 valence electrons. The van der Waals surface area contributed by atoms with Crippen molar-refractivity contribution in [2.75, 3.05) is 5.75 Å². The molecule has 0 amide bonds. The lowest BCUT2D eigenvalue weighted by atomic mass is 10.4. The first kappa shape index (κ1) is 12.3.